The van der Waals surface area contributed by atoms with Gasteiger partial charge in [-0.2, -0.15) is 5.26 Å². The number of carbonyl (C=O) groups is 2. The Kier molecular flexibility index (Phi) is 8.28. The maximum atomic E-state index is 12.5. The van der Waals surface area contributed by atoms with Gasteiger partial charge in [-0.25, -0.2) is 23.0 Å². The average Bonchev–Trinajstić information content (AvgIpc) is 3.22. The van der Waals surface area contributed by atoms with Crippen molar-refractivity contribution in [3.8, 4) is 6.07 Å². The number of methoxy groups -OCH3 is 1. The largest absolute Gasteiger partial charge is 0.465 e. The van der Waals surface area contributed by atoms with Crippen molar-refractivity contribution < 1.29 is 27.5 Å². The number of benzene rings is 1. The van der Waals surface area contributed by atoms with E-state index in [2.05, 4.69) is 20.9 Å². The summed E-state index contributed by atoms with van der Waals surface area (Å²) < 4.78 is 34.2. The molecule has 1 aromatic carbocycles. The van der Waals surface area contributed by atoms with Crippen molar-refractivity contribution in [3.05, 3.63) is 41.5 Å². The summed E-state index contributed by atoms with van der Waals surface area (Å²) in [6.45, 7) is 5.36. The van der Waals surface area contributed by atoms with Gasteiger partial charge in [-0.15, -0.1) is 0 Å². The highest BCUT2D eigenvalue weighted by atomic mass is 32.2. The van der Waals surface area contributed by atoms with Crippen molar-refractivity contribution in [1.82, 2.24) is 10.3 Å². The molecule has 1 fully saturated rings. The number of carbonyl (C=O) groups excluding carboxylic acids is 2. The van der Waals surface area contributed by atoms with Gasteiger partial charge in [-0.05, 0) is 64.3 Å². The number of nitrogens with one attached hydrogen (secondary N) is 3. The fraction of sp³-hybridized carbons (Fsp3) is 0.440. The van der Waals surface area contributed by atoms with Gasteiger partial charge in [0, 0.05) is 18.0 Å². The van der Waals surface area contributed by atoms with Crippen LogP contribution in [0.5, 0.6) is 0 Å². The number of aromatic nitrogens is 1. The highest BCUT2D eigenvalue weighted by Crippen LogP contribution is 2.29. The number of nitriles is 1. The fourth-order valence-corrected chi connectivity index (χ4v) is 4.67. The summed E-state index contributed by atoms with van der Waals surface area (Å²) in [4.78, 5) is 29.4. The summed E-state index contributed by atoms with van der Waals surface area (Å²) in [5, 5.41) is 18.9. The molecule has 2 atom stereocenters. The molecule has 1 aromatic heterocycles. The van der Waals surface area contributed by atoms with E-state index in [4.69, 9.17) is 9.47 Å². The van der Waals surface area contributed by atoms with Crippen LogP contribution in [0.3, 0.4) is 0 Å². The quantitative estimate of drug-likeness (QED) is 0.451. The Morgan fingerprint density at radius 3 is 2.49 bits per heavy atom. The third-order valence-corrected chi connectivity index (χ3v) is 6.72. The fourth-order valence-electron chi connectivity index (χ4n) is 4.00. The van der Waals surface area contributed by atoms with E-state index < -0.39 is 27.5 Å². The standard InChI is InChI=1S/C25H31N5O6S/c1-25(2,3)36-24(32)29-19-11-7-10-18(19)28-20-12-15(14-26)21(23(31)35-4)22(30-20)27-16-8-6-9-17(13-16)37(5,33)34/h6,8-9,12-13,18-19H,7,10-11H2,1-5H3,(H,29,32)(H2,27,28,30)/t18-,19+/m1/s1. The average molecular weight is 530 g/mol. The number of anilines is 3. The molecule has 3 N–H and O–H groups in total. The van der Waals surface area contributed by atoms with E-state index in [1.165, 1.54) is 25.3 Å². The first-order chi connectivity index (χ1) is 17.3. The predicted molar refractivity (Wildman–Crippen MR) is 138 cm³/mol. The SMILES string of the molecule is COC(=O)c1c(C#N)cc(N[C@@H]2CCC[C@@H]2NC(=O)OC(C)(C)C)nc1Nc1cccc(S(C)(=O)=O)c1. The van der Waals surface area contributed by atoms with Crippen molar-refractivity contribution in [2.45, 2.75) is 62.6 Å². The van der Waals surface area contributed by atoms with Gasteiger partial charge in [-0.3, -0.25) is 0 Å². The second-order valence-electron chi connectivity index (χ2n) is 9.74. The Morgan fingerprint density at radius 1 is 1.16 bits per heavy atom. The van der Waals surface area contributed by atoms with Crippen LogP contribution < -0.4 is 16.0 Å². The van der Waals surface area contributed by atoms with E-state index in [1.807, 2.05) is 6.07 Å². The lowest BCUT2D eigenvalue weighted by atomic mass is 10.1. The van der Waals surface area contributed by atoms with Crippen molar-refractivity contribution in [1.29, 1.82) is 5.26 Å². The molecular weight excluding hydrogens is 498 g/mol. The Hall–Kier alpha value is -3.85. The van der Waals surface area contributed by atoms with Gasteiger partial charge in [0.25, 0.3) is 0 Å². The summed E-state index contributed by atoms with van der Waals surface area (Å²) in [6, 6.07) is 9.03. The third-order valence-electron chi connectivity index (χ3n) is 5.61. The summed E-state index contributed by atoms with van der Waals surface area (Å²) in [5.41, 5.74) is -0.351. The Morgan fingerprint density at radius 2 is 1.86 bits per heavy atom. The number of esters is 1. The zero-order valence-electron chi connectivity index (χ0n) is 21.4. The molecular formula is C25H31N5O6S. The molecule has 1 amide bonds. The molecule has 0 aliphatic heterocycles. The minimum atomic E-state index is -3.47. The van der Waals surface area contributed by atoms with Crippen LogP contribution in [0.25, 0.3) is 0 Å². The molecule has 1 saturated carbocycles. The molecule has 3 rings (SSSR count). The van der Waals surface area contributed by atoms with Crippen LogP contribution in [0.4, 0.5) is 22.1 Å². The van der Waals surface area contributed by atoms with E-state index in [0.717, 1.165) is 25.5 Å². The number of nitrogens with zero attached hydrogens (tertiary/aromatic N) is 2. The number of amides is 1. The minimum absolute atomic E-state index is 0.0146. The Bertz CT molecular complexity index is 1330. The van der Waals surface area contributed by atoms with E-state index in [0.29, 0.717) is 11.5 Å². The molecule has 37 heavy (non-hydrogen) atoms. The lowest BCUT2D eigenvalue weighted by molar-refractivity contribution is 0.0502. The molecule has 198 valence electrons. The Labute approximate surface area is 216 Å². The van der Waals surface area contributed by atoms with Crippen LogP contribution in [0.2, 0.25) is 0 Å². The lowest BCUT2D eigenvalue weighted by Gasteiger charge is -2.26. The first kappa shape index (κ1) is 27.7. The van der Waals surface area contributed by atoms with E-state index in [9.17, 15) is 23.3 Å². The van der Waals surface area contributed by atoms with Crippen LogP contribution in [-0.2, 0) is 19.3 Å². The van der Waals surface area contributed by atoms with E-state index in [1.54, 1.807) is 32.9 Å². The zero-order chi connectivity index (χ0) is 27.4. The molecule has 0 bridgehead atoms. The molecule has 11 nitrogen and oxygen atoms in total. The van der Waals surface area contributed by atoms with Gasteiger partial charge in [0.2, 0.25) is 0 Å². The maximum absolute atomic E-state index is 12.5. The van der Waals surface area contributed by atoms with Crippen molar-refractivity contribution in [3.63, 3.8) is 0 Å². The van der Waals surface area contributed by atoms with Gasteiger partial charge in [0.1, 0.15) is 28.9 Å². The van der Waals surface area contributed by atoms with Crippen molar-refractivity contribution in [2.24, 2.45) is 0 Å². The Balaban J connectivity index is 1.93. The van der Waals surface area contributed by atoms with Crippen molar-refractivity contribution >= 4 is 39.2 Å². The van der Waals surface area contributed by atoms with E-state index >= 15 is 0 Å². The van der Waals surface area contributed by atoms with Gasteiger partial charge in [0.05, 0.1) is 23.6 Å². The van der Waals surface area contributed by atoms with E-state index in [-0.39, 0.29) is 33.9 Å². The van der Waals surface area contributed by atoms with Crippen LogP contribution in [0.1, 0.15) is 56.0 Å². The topological polar surface area (TPSA) is 160 Å². The third kappa shape index (κ3) is 7.33. The highest BCUT2D eigenvalue weighted by Gasteiger charge is 2.31. The molecule has 1 aliphatic carbocycles. The molecule has 0 spiro atoms. The highest BCUT2D eigenvalue weighted by molar-refractivity contribution is 7.90. The van der Waals surface area contributed by atoms with Gasteiger partial charge >= 0.3 is 12.1 Å². The molecule has 1 heterocycles. The van der Waals surface area contributed by atoms with Crippen LogP contribution in [0.15, 0.2) is 35.2 Å². The summed E-state index contributed by atoms with van der Waals surface area (Å²) in [7, 11) is -2.28. The van der Waals surface area contributed by atoms with Crippen LogP contribution >= 0.6 is 0 Å². The molecule has 2 aromatic rings. The second kappa shape index (κ2) is 11.0. The van der Waals surface area contributed by atoms with Crippen molar-refractivity contribution in [2.75, 3.05) is 24.0 Å². The summed E-state index contributed by atoms with van der Waals surface area (Å²) in [5.74, 6) is -0.453. The second-order valence-corrected chi connectivity index (χ2v) is 11.8. The number of sulfone groups is 1. The number of pyridine rings is 1. The van der Waals surface area contributed by atoms with Gasteiger partial charge in [-0.1, -0.05) is 6.07 Å². The van der Waals surface area contributed by atoms with Gasteiger partial charge in [0.15, 0.2) is 9.84 Å². The van der Waals surface area contributed by atoms with Gasteiger partial charge < -0.3 is 25.4 Å². The predicted octanol–water partition coefficient (Wildman–Crippen LogP) is 3.74. The molecule has 0 radical (unpaired) electrons. The number of hydrogen-bond donors (Lipinski definition) is 3. The number of alkyl carbamates (subject to hydrolysis) is 1. The summed E-state index contributed by atoms with van der Waals surface area (Å²) in [6.07, 6.45) is 2.89. The molecule has 0 saturated heterocycles. The first-order valence-corrected chi connectivity index (χ1v) is 13.6. The van der Waals surface area contributed by atoms with Crippen LogP contribution in [0, 0.1) is 11.3 Å². The maximum Gasteiger partial charge on any atom is 0.407 e. The number of rotatable bonds is 7. The lowest BCUT2D eigenvalue weighted by Crippen LogP contribution is -2.45. The molecule has 0 unspecified atom stereocenters. The zero-order valence-corrected chi connectivity index (χ0v) is 22.2. The van der Waals surface area contributed by atoms with Crippen LogP contribution in [-0.4, -0.2) is 56.5 Å². The normalized spacial score (nSPS) is 17.4. The monoisotopic (exact) mass is 529 g/mol. The smallest absolute Gasteiger partial charge is 0.407 e. The summed E-state index contributed by atoms with van der Waals surface area (Å²) >= 11 is 0. The number of ether oxygens (including phenoxy) is 2. The first-order valence-electron chi connectivity index (χ1n) is 11.7. The molecule has 12 heteroatoms. The minimum Gasteiger partial charge on any atom is -0.465 e. The number of hydrogen-bond acceptors (Lipinski definition) is 10. The molecule has 1 aliphatic rings.